The van der Waals surface area contributed by atoms with Gasteiger partial charge in [-0.05, 0) is 221 Å². The highest BCUT2D eigenvalue weighted by Gasteiger charge is 2.37. The predicted molar refractivity (Wildman–Crippen MR) is 488 cm³/mol. The molecule has 0 aromatic heterocycles. The molecular weight excluding hydrogens is 1660 g/mol. The Morgan fingerprint density at radius 3 is 0.827 bits per heavy atom. The minimum absolute atomic E-state index is 0.0123. The molecule has 706 valence electrons. The third kappa shape index (κ3) is 39.6. The smallest absolute Gasteiger partial charge is 0.422 e. The molecule has 0 aliphatic rings. The van der Waals surface area contributed by atoms with Crippen LogP contribution in [0, 0.1) is 0 Å². The largest absolute Gasteiger partial charge is 0.487 e. The Bertz CT molecular complexity index is 4880. The van der Waals surface area contributed by atoms with Crippen molar-refractivity contribution in [3.05, 3.63) is 234 Å². The number of carboxylic acid groups (broad SMARTS) is 4. The number of hydrogen-bond acceptors (Lipinski definition) is 8. The van der Waals surface area contributed by atoms with Gasteiger partial charge in [-0.2, -0.15) is 26.3 Å². The molecule has 0 spiro atoms. The topological polar surface area (TPSA) is 186 Å². The molecule has 0 bridgehead atoms. The van der Waals surface area contributed by atoms with Crippen molar-refractivity contribution in [2.45, 2.75) is 303 Å². The van der Waals surface area contributed by atoms with Crippen LogP contribution in [0.5, 0.6) is 23.0 Å². The second-order valence-electron chi connectivity index (χ2n) is 38.8. The van der Waals surface area contributed by atoms with Crippen molar-refractivity contribution >= 4 is 46.2 Å². The fraction of sp³-hybridized carbons (Fsp3) is 0.490. The Morgan fingerprint density at radius 1 is 0.331 bits per heavy atom. The summed E-state index contributed by atoms with van der Waals surface area (Å²) >= 11 is 0. The van der Waals surface area contributed by atoms with Crippen LogP contribution in [-0.4, -0.2) is 95.9 Å². The highest BCUT2D eigenvalue weighted by molar-refractivity contribution is 5.84. The maximum atomic E-state index is 15.2. The Kier molecular flexibility index (Phi) is 42.8. The molecule has 4 aromatic rings. The third-order valence-corrected chi connectivity index (χ3v) is 20.4. The lowest BCUT2D eigenvalue weighted by Gasteiger charge is -2.32. The van der Waals surface area contributed by atoms with Gasteiger partial charge in [0.2, 0.25) is 0 Å². The van der Waals surface area contributed by atoms with Gasteiger partial charge in [-0.1, -0.05) is 227 Å². The average Bonchev–Trinajstić information content (AvgIpc) is 0.792. The summed E-state index contributed by atoms with van der Waals surface area (Å²) in [5, 5.41) is 35.2. The summed E-state index contributed by atoms with van der Waals surface area (Å²) in [5.41, 5.74) is 8.09. The molecule has 4 rings (SSSR count). The van der Waals surface area contributed by atoms with E-state index in [1.54, 1.807) is 71.9 Å². The molecule has 4 N–H and O–H groups in total. The van der Waals surface area contributed by atoms with Gasteiger partial charge in [0.15, 0.2) is 13.2 Å². The minimum atomic E-state index is -4.55. The lowest BCUT2D eigenvalue weighted by Crippen LogP contribution is -2.23. The molecule has 0 aliphatic carbocycles. The first-order valence-electron chi connectivity index (χ1n) is 41.6. The van der Waals surface area contributed by atoms with Gasteiger partial charge in [0.05, 0.1) is 0 Å². The third-order valence-electron chi connectivity index (χ3n) is 20.4. The first kappa shape index (κ1) is 115. The summed E-state index contributed by atoms with van der Waals surface area (Å²) in [6, 6.07) is 14.8. The van der Waals surface area contributed by atoms with Gasteiger partial charge in [-0.25, -0.2) is 49.9 Å². The van der Waals surface area contributed by atoms with Crippen LogP contribution in [0.4, 0.5) is 57.1 Å². The molecule has 4 aromatic carbocycles. The van der Waals surface area contributed by atoms with Crippen molar-refractivity contribution in [3.8, 4) is 23.0 Å². The molecule has 0 unspecified atom stereocenters. The first-order valence-corrected chi connectivity index (χ1v) is 41.6. The summed E-state index contributed by atoms with van der Waals surface area (Å²) in [6.45, 7) is 55.8. The van der Waals surface area contributed by atoms with Crippen LogP contribution < -0.4 is 18.9 Å². The Labute approximate surface area is 744 Å². The number of carboxylic acids is 4. The number of allylic oxidation sites excluding steroid dienone is 20. The number of alkyl halides is 10. The van der Waals surface area contributed by atoms with Gasteiger partial charge >= 0.3 is 36.2 Å². The maximum Gasteiger partial charge on any atom is 0.422 e. The molecule has 0 radical (unpaired) electrons. The number of halogens is 13. The Balaban J connectivity index is 0.000000847. The van der Waals surface area contributed by atoms with Crippen LogP contribution in [0.1, 0.15) is 301 Å². The van der Waals surface area contributed by atoms with E-state index >= 15 is 13.2 Å². The predicted octanol–water partition coefficient (Wildman–Crippen LogP) is 29.9. The van der Waals surface area contributed by atoms with Crippen LogP contribution in [0.3, 0.4) is 0 Å². The van der Waals surface area contributed by atoms with E-state index in [1.807, 2.05) is 182 Å². The van der Waals surface area contributed by atoms with Crippen molar-refractivity contribution < 1.29 is 116 Å². The van der Waals surface area contributed by atoms with E-state index < -0.39 is 109 Å². The first-order chi connectivity index (χ1) is 57.4. The number of hydrogen-bond donors (Lipinski definition) is 4. The summed E-state index contributed by atoms with van der Waals surface area (Å²) < 4.78 is 197. The monoisotopic (exact) mass is 1800 g/mol. The van der Waals surface area contributed by atoms with Crippen molar-refractivity contribution in [2.75, 3.05) is 26.4 Å². The van der Waals surface area contributed by atoms with E-state index in [0.717, 1.165) is 71.0 Å². The molecule has 0 fully saturated rings. The van der Waals surface area contributed by atoms with E-state index in [9.17, 15) is 63.1 Å². The van der Waals surface area contributed by atoms with Crippen LogP contribution in [0.25, 0.3) is 22.3 Å². The molecule has 0 atom stereocenters. The van der Waals surface area contributed by atoms with E-state index in [0.29, 0.717) is 61.2 Å². The van der Waals surface area contributed by atoms with Crippen molar-refractivity contribution in [1.29, 1.82) is 0 Å². The van der Waals surface area contributed by atoms with Gasteiger partial charge in [0.1, 0.15) is 53.7 Å². The number of rotatable bonds is 30. The van der Waals surface area contributed by atoms with Crippen molar-refractivity contribution in [1.82, 2.24) is 0 Å². The van der Waals surface area contributed by atoms with E-state index in [2.05, 4.69) is 20.8 Å². The number of benzene rings is 4. The summed E-state index contributed by atoms with van der Waals surface area (Å²) in [4.78, 5) is 43.1. The van der Waals surface area contributed by atoms with E-state index in [1.165, 1.54) is 44.2 Å². The zero-order valence-corrected chi connectivity index (χ0v) is 80.0. The zero-order chi connectivity index (χ0) is 99.0. The normalized spacial score (nSPS) is 14.3. The lowest BCUT2D eigenvalue weighted by molar-refractivity contribution is -0.154. The molecule has 0 aliphatic heterocycles. The summed E-state index contributed by atoms with van der Waals surface area (Å²) in [6.07, 6.45) is 3.69. The van der Waals surface area contributed by atoms with Gasteiger partial charge in [-0.15, -0.1) is 0 Å². The average molecular weight is 1800 g/mol. The minimum Gasteiger partial charge on any atom is -0.487 e. The number of ether oxygens (including phenoxy) is 4. The standard InChI is InChI=1S/C27H37F3O3.C25H32F4O3.2C25H33F3O3/c1-9-26(5,6)19-14-20(18(4)22(28)12-11-17(3)13-24(31)32)25(33-16-23(29)30)21(15-19)27(7,8)10-2;1-15(11-21(30)31)9-10-20(26)16(2)18-12-17(23(3,4)5)13-19(24(6,7)8)22(18)32-14-25(27,28)29;1-15(11-22(29)30)9-10-20(26)16(2)18-12-17(24(3,4)5)13-19(25(6,7)8)23(18)31-14-21(27)28;1-16(12-21(29)30)10-9-11-17(2)19-13-18(23(3,4)5)14-20(24(6,7)8)22(19)31-15-25(26,27)28/h11-15,23H,9-10,16H2,1-8H3,(H,31,32);9-13H,14H2,1-8H3,(H,30,31);9-13,21H,14H2,1-8H3,(H,29,30);9-14H,15H2,1-8H3,(H,29,30)/b12-11+,17-13+,22-18+;2*10-9+,15-11+,20-16+;10-9+,16-12+,17-11-. The fourth-order valence-electron chi connectivity index (χ4n) is 11.9. The molecule has 25 heteroatoms. The van der Waals surface area contributed by atoms with Crippen molar-refractivity contribution in [3.63, 3.8) is 0 Å². The molecule has 0 heterocycles. The number of aliphatic carboxylic acids is 4. The molecule has 0 saturated heterocycles. The molecule has 127 heavy (non-hydrogen) atoms. The highest BCUT2D eigenvalue weighted by Crippen LogP contribution is 2.48. The zero-order valence-electron chi connectivity index (χ0n) is 80.0. The molecule has 12 nitrogen and oxygen atoms in total. The second kappa shape index (κ2) is 47.3. The summed E-state index contributed by atoms with van der Waals surface area (Å²) in [5.74, 6) is -5.66. The van der Waals surface area contributed by atoms with Crippen LogP contribution in [0.2, 0.25) is 0 Å². The van der Waals surface area contributed by atoms with Crippen LogP contribution in [0.15, 0.2) is 167 Å². The summed E-state index contributed by atoms with van der Waals surface area (Å²) in [7, 11) is 0. The second-order valence-corrected chi connectivity index (χ2v) is 38.8. The Morgan fingerprint density at radius 2 is 0.575 bits per heavy atom. The highest BCUT2D eigenvalue weighted by atomic mass is 19.4. The van der Waals surface area contributed by atoms with Gasteiger partial charge < -0.3 is 39.4 Å². The molecule has 0 amide bonds. The van der Waals surface area contributed by atoms with Crippen molar-refractivity contribution in [2.24, 2.45) is 0 Å². The van der Waals surface area contributed by atoms with Gasteiger partial charge in [0, 0.05) is 68.8 Å². The SMILES string of the molecule is C/C(=C/C=C/C(C)=C/C(=O)O)c1cc(C(C)(C)C)cc(C(C)(C)C)c1OCC(F)(F)F.CC(/C=C/C(F)=C(/C)c1cc(C(C)(C)C)cc(C(C)(C)C)c1OCC(F)(F)F)=C\C(=O)O.CC(/C=C/C(F)=C(/C)c1cc(C(C)(C)C)cc(C(C)(C)C)c1OCC(F)F)=C\C(=O)O.CCC(C)(C)c1cc(\C(C)=C(F)/C=C/C(C)=C/C(=O)O)c(OCC(F)F)c(C(C)(C)CC)c1. The van der Waals surface area contributed by atoms with Gasteiger partial charge in [0.25, 0.3) is 12.9 Å². The maximum absolute atomic E-state index is 15.2. The quantitative estimate of drug-likeness (QED) is 0.0220. The Hall–Kier alpha value is -10.1. The van der Waals surface area contributed by atoms with Crippen LogP contribution >= 0.6 is 0 Å². The van der Waals surface area contributed by atoms with Crippen LogP contribution in [-0.2, 0) is 62.5 Å². The number of carbonyl (C=O) groups is 4. The van der Waals surface area contributed by atoms with Gasteiger partial charge in [-0.3, -0.25) is 0 Å². The molecular formula is C102H135F13O12. The van der Waals surface area contributed by atoms with E-state index in [4.69, 9.17) is 39.4 Å². The lowest BCUT2D eigenvalue weighted by atomic mass is 9.74. The fourth-order valence-corrected chi connectivity index (χ4v) is 11.9. The molecule has 0 saturated carbocycles. The van der Waals surface area contributed by atoms with E-state index in [-0.39, 0.29) is 72.4 Å².